The van der Waals surface area contributed by atoms with Crippen LogP contribution in [0.15, 0.2) is 18.2 Å². The number of imide groups is 1. The van der Waals surface area contributed by atoms with Crippen molar-refractivity contribution in [1.82, 2.24) is 0 Å². The van der Waals surface area contributed by atoms with E-state index in [1.807, 2.05) is 0 Å². The van der Waals surface area contributed by atoms with Crippen LogP contribution in [0.25, 0.3) is 0 Å². The van der Waals surface area contributed by atoms with E-state index >= 15 is 0 Å². The molecule has 1 heterocycles. The summed E-state index contributed by atoms with van der Waals surface area (Å²) >= 11 is 13.1. The van der Waals surface area contributed by atoms with Crippen LogP contribution in [0.1, 0.15) is 13.3 Å². The van der Waals surface area contributed by atoms with E-state index in [2.05, 4.69) is 0 Å². The monoisotopic (exact) mass is 375 g/mol. The Morgan fingerprint density at radius 3 is 2.57 bits per heavy atom. The van der Waals surface area contributed by atoms with Crippen LogP contribution in [-0.2, 0) is 19.1 Å². The molecule has 1 aliphatic heterocycles. The van der Waals surface area contributed by atoms with Gasteiger partial charge in [0.05, 0.1) is 24.0 Å². The molecule has 0 N–H and O–H groups in total. The van der Waals surface area contributed by atoms with Gasteiger partial charge in [0.1, 0.15) is 0 Å². The lowest BCUT2D eigenvalue weighted by molar-refractivity contribution is -0.139. The third-order valence-corrected chi connectivity index (χ3v) is 4.70. The van der Waals surface area contributed by atoms with E-state index in [0.717, 1.165) is 4.90 Å². The summed E-state index contributed by atoms with van der Waals surface area (Å²) in [7, 11) is 0. The number of ether oxygens (including phenoxy) is 1. The van der Waals surface area contributed by atoms with Crippen molar-refractivity contribution in [3.05, 3.63) is 28.2 Å². The first-order valence-corrected chi connectivity index (χ1v) is 8.89. The van der Waals surface area contributed by atoms with Gasteiger partial charge in [-0.05, 0) is 25.1 Å². The molecule has 2 rings (SSSR count). The van der Waals surface area contributed by atoms with Gasteiger partial charge in [0.15, 0.2) is 0 Å². The number of amides is 2. The van der Waals surface area contributed by atoms with Crippen LogP contribution in [0, 0.1) is 5.92 Å². The van der Waals surface area contributed by atoms with Crippen molar-refractivity contribution in [2.75, 3.05) is 23.0 Å². The number of hydrogen-bond acceptors (Lipinski definition) is 5. The van der Waals surface area contributed by atoms with Crippen molar-refractivity contribution in [2.24, 2.45) is 5.92 Å². The second-order valence-electron chi connectivity index (χ2n) is 4.92. The minimum Gasteiger partial charge on any atom is -0.465 e. The first kappa shape index (κ1) is 18.1. The highest BCUT2D eigenvalue weighted by Gasteiger charge is 2.39. The van der Waals surface area contributed by atoms with E-state index in [-0.39, 0.29) is 30.0 Å². The molecule has 1 aromatic rings. The van der Waals surface area contributed by atoms with E-state index in [9.17, 15) is 14.4 Å². The Labute approximate surface area is 148 Å². The zero-order valence-corrected chi connectivity index (χ0v) is 14.7. The van der Waals surface area contributed by atoms with Crippen LogP contribution >= 0.6 is 35.0 Å². The molecular formula is C15H15Cl2NO4S. The maximum atomic E-state index is 12.4. The van der Waals surface area contributed by atoms with Gasteiger partial charge >= 0.3 is 5.97 Å². The van der Waals surface area contributed by atoms with Crippen LogP contribution < -0.4 is 4.90 Å². The van der Waals surface area contributed by atoms with E-state index in [1.165, 1.54) is 30.0 Å². The fraction of sp³-hybridized carbons (Fsp3) is 0.400. The number of rotatable bonds is 6. The van der Waals surface area contributed by atoms with Gasteiger partial charge in [0.2, 0.25) is 11.8 Å². The van der Waals surface area contributed by atoms with Crippen LogP contribution in [-0.4, -0.2) is 35.9 Å². The van der Waals surface area contributed by atoms with E-state index < -0.39 is 5.92 Å². The van der Waals surface area contributed by atoms with Gasteiger partial charge in [-0.1, -0.05) is 23.2 Å². The predicted molar refractivity (Wildman–Crippen MR) is 91.0 cm³/mol. The van der Waals surface area contributed by atoms with Gasteiger partial charge in [0.25, 0.3) is 0 Å². The highest BCUT2D eigenvalue weighted by molar-refractivity contribution is 7.99. The predicted octanol–water partition coefficient (Wildman–Crippen LogP) is 3.17. The summed E-state index contributed by atoms with van der Waals surface area (Å²) in [5.41, 5.74) is 0.371. The zero-order chi connectivity index (χ0) is 17.0. The largest absolute Gasteiger partial charge is 0.465 e. The van der Waals surface area contributed by atoms with E-state index in [0.29, 0.717) is 28.1 Å². The Kier molecular flexibility index (Phi) is 6.33. The molecule has 0 spiro atoms. The minimum atomic E-state index is -0.459. The second kappa shape index (κ2) is 8.04. The molecular weight excluding hydrogens is 361 g/mol. The number of halogens is 2. The van der Waals surface area contributed by atoms with Crippen molar-refractivity contribution in [1.29, 1.82) is 0 Å². The van der Waals surface area contributed by atoms with Gasteiger partial charge in [-0.3, -0.25) is 19.3 Å². The molecule has 8 heteroatoms. The molecule has 0 bridgehead atoms. The lowest BCUT2D eigenvalue weighted by Crippen LogP contribution is -2.31. The summed E-state index contributed by atoms with van der Waals surface area (Å²) in [5, 5.41) is 0.710. The maximum Gasteiger partial charge on any atom is 0.315 e. The summed E-state index contributed by atoms with van der Waals surface area (Å²) in [4.78, 5) is 37.0. The Bertz CT molecular complexity index is 618. The summed E-state index contributed by atoms with van der Waals surface area (Å²) in [5.74, 6) is -0.838. The lowest BCUT2D eigenvalue weighted by Gasteiger charge is -2.15. The molecule has 1 saturated heterocycles. The van der Waals surface area contributed by atoms with Gasteiger partial charge < -0.3 is 4.74 Å². The minimum absolute atomic E-state index is 0.110. The summed E-state index contributed by atoms with van der Waals surface area (Å²) in [6.45, 7) is 2.05. The summed E-state index contributed by atoms with van der Waals surface area (Å²) in [6.07, 6.45) is 0.110. The van der Waals surface area contributed by atoms with Gasteiger partial charge in [-0.25, -0.2) is 0 Å². The zero-order valence-electron chi connectivity index (χ0n) is 12.4. The molecule has 1 atom stereocenters. The van der Waals surface area contributed by atoms with Crippen molar-refractivity contribution in [3.8, 4) is 0 Å². The molecule has 1 unspecified atom stereocenters. The smallest absolute Gasteiger partial charge is 0.315 e. The fourth-order valence-electron chi connectivity index (χ4n) is 2.25. The third kappa shape index (κ3) is 4.62. The summed E-state index contributed by atoms with van der Waals surface area (Å²) < 4.78 is 4.82. The molecule has 2 amide bonds. The highest BCUT2D eigenvalue weighted by Crippen LogP contribution is 2.32. The normalized spacial score (nSPS) is 17.7. The Morgan fingerprint density at radius 2 is 1.96 bits per heavy atom. The number of esters is 1. The third-order valence-electron chi connectivity index (χ3n) is 3.19. The molecule has 1 aromatic carbocycles. The average Bonchev–Trinajstić information content (AvgIpc) is 2.72. The summed E-state index contributed by atoms with van der Waals surface area (Å²) in [6, 6.07) is 4.58. The number of benzene rings is 1. The van der Waals surface area contributed by atoms with Crippen LogP contribution in [0.5, 0.6) is 0 Å². The number of nitrogens with zero attached hydrogens (tertiary/aromatic N) is 1. The highest BCUT2D eigenvalue weighted by atomic mass is 35.5. The number of carbonyl (C=O) groups excluding carboxylic acids is 3. The average molecular weight is 376 g/mol. The van der Waals surface area contributed by atoms with Crippen LogP contribution in [0.3, 0.4) is 0 Å². The molecule has 0 saturated carbocycles. The van der Waals surface area contributed by atoms with Crippen molar-refractivity contribution >= 4 is 58.4 Å². The van der Waals surface area contributed by atoms with E-state index in [1.54, 1.807) is 6.92 Å². The van der Waals surface area contributed by atoms with Crippen molar-refractivity contribution in [2.45, 2.75) is 13.3 Å². The molecule has 0 aliphatic carbocycles. The number of anilines is 1. The maximum absolute atomic E-state index is 12.4. The first-order chi connectivity index (χ1) is 10.9. The topological polar surface area (TPSA) is 63.7 Å². The number of hydrogen-bond donors (Lipinski definition) is 0. The van der Waals surface area contributed by atoms with Crippen LogP contribution in [0.2, 0.25) is 10.0 Å². The first-order valence-electron chi connectivity index (χ1n) is 6.98. The molecule has 0 aromatic heterocycles. The number of carbonyl (C=O) groups is 3. The lowest BCUT2D eigenvalue weighted by atomic mass is 10.1. The van der Waals surface area contributed by atoms with Gasteiger partial charge in [-0.15, -0.1) is 11.8 Å². The van der Waals surface area contributed by atoms with E-state index in [4.69, 9.17) is 27.9 Å². The Hall–Kier alpha value is -1.24. The fourth-order valence-corrected chi connectivity index (χ4v) is 3.68. The molecule has 1 fully saturated rings. The van der Waals surface area contributed by atoms with Gasteiger partial charge in [-0.2, -0.15) is 0 Å². The second-order valence-corrected chi connectivity index (χ2v) is 6.82. The standard InChI is InChI=1S/C15H15Cl2NO4S/c1-2-22-14(20)8-23-7-9-3-13(19)18(15(9)21)12-5-10(16)4-11(17)6-12/h4-6,9H,2-3,7-8H2,1H3. The molecule has 0 radical (unpaired) electrons. The van der Waals surface area contributed by atoms with Crippen molar-refractivity contribution < 1.29 is 19.1 Å². The Balaban J connectivity index is 2.01. The number of thioether (sulfide) groups is 1. The molecule has 5 nitrogen and oxygen atoms in total. The SMILES string of the molecule is CCOC(=O)CSCC1CC(=O)N(c2cc(Cl)cc(Cl)c2)C1=O. The van der Waals surface area contributed by atoms with Crippen LogP contribution in [0.4, 0.5) is 5.69 Å². The molecule has 124 valence electrons. The van der Waals surface area contributed by atoms with Gasteiger partial charge in [0, 0.05) is 22.2 Å². The molecule has 23 heavy (non-hydrogen) atoms. The molecule has 1 aliphatic rings. The van der Waals surface area contributed by atoms with Crippen molar-refractivity contribution in [3.63, 3.8) is 0 Å². The Morgan fingerprint density at radius 1 is 1.30 bits per heavy atom. The quantitative estimate of drug-likeness (QED) is 0.564.